The molecule has 2 atom stereocenters. The molecule has 10 heteroatoms. The molecule has 2 amide bonds. The maximum absolute atomic E-state index is 14.0. The molecule has 1 aliphatic rings. The molecule has 0 N–H and O–H groups in total. The number of carbonyl (C=O) groups is 1. The van der Waals surface area contributed by atoms with E-state index in [0.717, 1.165) is 17.7 Å². The molecule has 0 aliphatic carbocycles. The van der Waals surface area contributed by atoms with Gasteiger partial charge in [0.15, 0.2) is 0 Å². The second-order valence-electron chi connectivity index (χ2n) is 8.16. The third-order valence-electron chi connectivity index (χ3n) is 5.65. The normalized spacial score (nSPS) is 19.0. The number of benzene rings is 2. The first-order chi connectivity index (χ1) is 14.9. The number of halogens is 6. The van der Waals surface area contributed by atoms with E-state index < -0.39 is 17.6 Å². The molecular weight excluding hydrogens is 469 g/mol. The summed E-state index contributed by atoms with van der Waals surface area (Å²) in [4.78, 5) is 17.7. The summed E-state index contributed by atoms with van der Waals surface area (Å²) in [5.74, 6) is -1.42. The minimum absolute atomic E-state index is 0.113. The molecule has 0 aromatic heterocycles. The van der Waals surface area contributed by atoms with Gasteiger partial charge in [-0.2, -0.15) is 13.2 Å². The van der Waals surface area contributed by atoms with Gasteiger partial charge in [0.05, 0.1) is 15.6 Å². The van der Waals surface area contributed by atoms with E-state index in [9.17, 15) is 22.4 Å². The van der Waals surface area contributed by atoms with Gasteiger partial charge >= 0.3 is 12.2 Å². The fraction of sp³-hybridized carbons (Fsp3) is 0.409. The van der Waals surface area contributed by atoms with Crippen molar-refractivity contribution in [3.8, 4) is 0 Å². The van der Waals surface area contributed by atoms with Crippen molar-refractivity contribution < 1.29 is 22.4 Å². The fourth-order valence-electron chi connectivity index (χ4n) is 4.03. The molecule has 2 aromatic carbocycles. The Kier molecular flexibility index (Phi) is 7.27. The van der Waals surface area contributed by atoms with Gasteiger partial charge in [-0.1, -0.05) is 35.3 Å². The monoisotopic (exact) mass is 491 g/mol. The van der Waals surface area contributed by atoms with Crippen LogP contribution >= 0.6 is 23.2 Å². The van der Waals surface area contributed by atoms with Gasteiger partial charge in [0.2, 0.25) is 0 Å². The van der Waals surface area contributed by atoms with Crippen LogP contribution in [0.2, 0.25) is 10.0 Å². The molecule has 4 nitrogen and oxygen atoms in total. The SMILES string of the molecule is CN(C)C(=O)N1CC(c2ccc(Cl)c(Cl)c2)C(N(C)Cc2ccc(C(F)(F)F)c(F)c2)C1. The van der Waals surface area contributed by atoms with Gasteiger partial charge in [-0.05, 0) is 42.4 Å². The first-order valence-corrected chi connectivity index (χ1v) is 10.6. The highest BCUT2D eigenvalue weighted by Gasteiger charge is 2.39. The van der Waals surface area contributed by atoms with Crippen LogP contribution in [0.1, 0.15) is 22.6 Å². The summed E-state index contributed by atoms with van der Waals surface area (Å²) in [5, 5.41) is 0.813. The number of alkyl halides is 3. The largest absolute Gasteiger partial charge is 0.419 e. The van der Waals surface area contributed by atoms with Crippen LogP contribution in [0.5, 0.6) is 0 Å². The molecule has 1 aliphatic heterocycles. The van der Waals surface area contributed by atoms with Gasteiger partial charge in [-0.3, -0.25) is 4.90 Å². The van der Waals surface area contributed by atoms with Crippen LogP contribution < -0.4 is 0 Å². The third kappa shape index (κ3) is 5.30. The number of hydrogen-bond donors (Lipinski definition) is 0. The highest BCUT2D eigenvalue weighted by Crippen LogP contribution is 2.36. The van der Waals surface area contributed by atoms with Crippen molar-refractivity contribution in [1.82, 2.24) is 14.7 Å². The van der Waals surface area contributed by atoms with Crippen LogP contribution in [-0.2, 0) is 12.7 Å². The number of amides is 2. The molecule has 1 heterocycles. The van der Waals surface area contributed by atoms with E-state index in [-0.39, 0.29) is 24.5 Å². The quantitative estimate of drug-likeness (QED) is 0.510. The van der Waals surface area contributed by atoms with Crippen molar-refractivity contribution in [2.24, 2.45) is 0 Å². The number of likely N-dealkylation sites (tertiary alicyclic amines) is 1. The Labute approximate surface area is 194 Å². The summed E-state index contributed by atoms with van der Waals surface area (Å²) in [6.45, 7) is 1.05. The Balaban J connectivity index is 1.87. The van der Waals surface area contributed by atoms with E-state index in [4.69, 9.17) is 23.2 Å². The van der Waals surface area contributed by atoms with Crippen LogP contribution in [0, 0.1) is 5.82 Å². The lowest BCUT2D eigenvalue weighted by Gasteiger charge is -2.29. The molecule has 2 unspecified atom stereocenters. The van der Waals surface area contributed by atoms with Gasteiger partial charge in [0.1, 0.15) is 5.82 Å². The Bertz CT molecular complexity index is 1000. The van der Waals surface area contributed by atoms with Crippen LogP contribution in [-0.4, -0.2) is 61.0 Å². The summed E-state index contributed by atoms with van der Waals surface area (Å²) in [6, 6.07) is 7.92. The Morgan fingerprint density at radius 2 is 1.75 bits per heavy atom. The Morgan fingerprint density at radius 1 is 1.06 bits per heavy atom. The standard InChI is InChI=1S/C22H23Cl2F4N3O/c1-29(2)21(32)31-11-15(14-5-7-17(23)18(24)9-14)20(12-31)30(3)10-13-4-6-16(19(25)8-13)22(26,27)28/h4-9,15,20H,10-12H2,1-3H3. The molecule has 0 bridgehead atoms. The van der Waals surface area contributed by atoms with Gasteiger partial charge < -0.3 is 9.80 Å². The van der Waals surface area contributed by atoms with E-state index in [2.05, 4.69) is 0 Å². The predicted octanol–water partition coefficient (Wildman–Crippen LogP) is 5.73. The van der Waals surface area contributed by atoms with E-state index in [0.29, 0.717) is 28.7 Å². The molecule has 0 radical (unpaired) electrons. The predicted molar refractivity (Wildman–Crippen MR) is 117 cm³/mol. The van der Waals surface area contributed by atoms with Crippen molar-refractivity contribution >= 4 is 29.2 Å². The number of hydrogen-bond acceptors (Lipinski definition) is 2. The second kappa shape index (κ2) is 9.45. The number of likely N-dealkylation sites (N-methyl/N-ethyl adjacent to an activating group) is 1. The van der Waals surface area contributed by atoms with Gasteiger partial charge in [-0.25, -0.2) is 9.18 Å². The fourth-order valence-corrected chi connectivity index (χ4v) is 4.34. The van der Waals surface area contributed by atoms with Crippen molar-refractivity contribution in [2.45, 2.75) is 24.7 Å². The zero-order chi connectivity index (χ0) is 23.8. The van der Waals surface area contributed by atoms with Crippen molar-refractivity contribution in [2.75, 3.05) is 34.2 Å². The van der Waals surface area contributed by atoms with E-state index in [1.165, 1.54) is 11.0 Å². The minimum Gasteiger partial charge on any atom is -0.331 e. The average molecular weight is 492 g/mol. The van der Waals surface area contributed by atoms with E-state index >= 15 is 0 Å². The first kappa shape index (κ1) is 24.6. The number of carbonyl (C=O) groups excluding carboxylic acids is 1. The summed E-state index contributed by atoms with van der Waals surface area (Å²) in [5.41, 5.74) is 0.00777. The molecule has 2 aromatic rings. The molecular formula is C22H23Cl2F4N3O. The smallest absolute Gasteiger partial charge is 0.331 e. The topological polar surface area (TPSA) is 26.8 Å². The average Bonchev–Trinajstić information content (AvgIpc) is 3.14. The van der Waals surface area contributed by atoms with Crippen molar-refractivity contribution in [1.29, 1.82) is 0 Å². The molecule has 0 saturated carbocycles. The molecule has 0 spiro atoms. The van der Waals surface area contributed by atoms with Crippen molar-refractivity contribution in [3.63, 3.8) is 0 Å². The first-order valence-electron chi connectivity index (χ1n) is 9.85. The van der Waals surface area contributed by atoms with E-state index in [1.54, 1.807) is 38.2 Å². The highest BCUT2D eigenvalue weighted by atomic mass is 35.5. The van der Waals surface area contributed by atoms with Crippen molar-refractivity contribution in [3.05, 3.63) is 69.0 Å². The summed E-state index contributed by atoms with van der Waals surface area (Å²) < 4.78 is 52.6. The molecule has 1 fully saturated rings. The van der Waals surface area contributed by atoms with E-state index in [1.807, 2.05) is 11.0 Å². The maximum atomic E-state index is 14.0. The zero-order valence-electron chi connectivity index (χ0n) is 17.8. The third-order valence-corrected chi connectivity index (χ3v) is 6.39. The van der Waals surface area contributed by atoms with Crippen LogP contribution in [0.15, 0.2) is 36.4 Å². The lowest BCUT2D eigenvalue weighted by atomic mass is 9.93. The van der Waals surface area contributed by atoms with Gasteiger partial charge in [0.25, 0.3) is 0 Å². The minimum atomic E-state index is -4.74. The van der Waals surface area contributed by atoms with Gasteiger partial charge in [-0.15, -0.1) is 0 Å². The maximum Gasteiger partial charge on any atom is 0.419 e. The van der Waals surface area contributed by atoms with Gasteiger partial charge in [0, 0.05) is 45.7 Å². The Hall–Kier alpha value is -2.03. The molecule has 3 rings (SSSR count). The number of rotatable bonds is 4. The lowest BCUT2D eigenvalue weighted by molar-refractivity contribution is -0.140. The summed E-state index contributed by atoms with van der Waals surface area (Å²) in [6.07, 6.45) is -4.74. The number of nitrogens with zero attached hydrogens (tertiary/aromatic N) is 3. The zero-order valence-corrected chi connectivity index (χ0v) is 19.3. The second-order valence-corrected chi connectivity index (χ2v) is 8.97. The number of urea groups is 1. The molecule has 174 valence electrons. The molecule has 1 saturated heterocycles. The Morgan fingerprint density at radius 3 is 2.31 bits per heavy atom. The highest BCUT2D eigenvalue weighted by molar-refractivity contribution is 6.42. The lowest BCUT2D eigenvalue weighted by Crippen LogP contribution is -2.40. The summed E-state index contributed by atoms with van der Waals surface area (Å²) >= 11 is 12.2. The molecule has 32 heavy (non-hydrogen) atoms. The summed E-state index contributed by atoms with van der Waals surface area (Å²) in [7, 11) is 5.13. The van der Waals surface area contributed by atoms with Crippen LogP contribution in [0.25, 0.3) is 0 Å². The van der Waals surface area contributed by atoms with Crippen LogP contribution in [0.3, 0.4) is 0 Å². The van der Waals surface area contributed by atoms with Crippen LogP contribution in [0.4, 0.5) is 22.4 Å².